The van der Waals surface area contributed by atoms with Gasteiger partial charge in [-0.25, -0.2) is 8.78 Å². The van der Waals surface area contributed by atoms with Crippen molar-refractivity contribution in [3.63, 3.8) is 0 Å². The number of benzene rings is 3. The highest BCUT2D eigenvalue weighted by Gasteiger charge is 2.18. The predicted octanol–water partition coefficient (Wildman–Crippen LogP) is 5.79. The Bertz CT molecular complexity index is 1010. The number of hydrogen-bond acceptors (Lipinski definition) is 0. The number of halogens is 2. The summed E-state index contributed by atoms with van der Waals surface area (Å²) >= 11 is 0. The standard InChI is InChI=1S/C21H15F2N/c1-24-19-5-3-2-4-18(19)20(14-6-10-16(22)11-7-14)21(24)15-8-12-17(23)13-9-15/h2-13H,1H3. The lowest BCUT2D eigenvalue weighted by Gasteiger charge is -2.09. The molecule has 0 atom stereocenters. The van der Waals surface area contributed by atoms with Crippen LogP contribution in [-0.2, 0) is 7.05 Å². The summed E-state index contributed by atoms with van der Waals surface area (Å²) in [5, 5.41) is 1.09. The van der Waals surface area contributed by atoms with E-state index in [1.165, 1.54) is 24.3 Å². The highest BCUT2D eigenvalue weighted by atomic mass is 19.1. The summed E-state index contributed by atoms with van der Waals surface area (Å²) in [5.41, 5.74) is 4.96. The molecule has 0 bridgehead atoms. The van der Waals surface area contributed by atoms with Crippen molar-refractivity contribution in [2.45, 2.75) is 0 Å². The van der Waals surface area contributed by atoms with Crippen molar-refractivity contribution in [3.05, 3.63) is 84.4 Å². The van der Waals surface area contributed by atoms with Crippen molar-refractivity contribution < 1.29 is 8.78 Å². The molecule has 0 spiro atoms. The van der Waals surface area contributed by atoms with Gasteiger partial charge in [0.1, 0.15) is 11.6 Å². The van der Waals surface area contributed by atoms with E-state index in [4.69, 9.17) is 0 Å². The molecule has 0 saturated heterocycles. The lowest BCUT2D eigenvalue weighted by molar-refractivity contribution is 0.627. The van der Waals surface area contributed by atoms with Gasteiger partial charge in [0.05, 0.1) is 5.69 Å². The van der Waals surface area contributed by atoms with Gasteiger partial charge in [0.25, 0.3) is 0 Å². The number of rotatable bonds is 2. The predicted molar refractivity (Wildman–Crippen MR) is 93.7 cm³/mol. The Kier molecular flexibility index (Phi) is 3.42. The largest absolute Gasteiger partial charge is 0.343 e. The van der Waals surface area contributed by atoms with Gasteiger partial charge in [0, 0.05) is 23.5 Å². The van der Waals surface area contributed by atoms with Gasteiger partial charge >= 0.3 is 0 Å². The van der Waals surface area contributed by atoms with Crippen LogP contribution in [0.25, 0.3) is 33.3 Å². The lowest BCUT2D eigenvalue weighted by atomic mass is 9.98. The fourth-order valence-electron chi connectivity index (χ4n) is 3.25. The van der Waals surface area contributed by atoms with Gasteiger partial charge in [-0.3, -0.25) is 0 Å². The van der Waals surface area contributed by atoms with E-state index in [-0.39, 0.29) is 11.6 Å². The van der Waals surface area contributed by atoms with E-state index in [9.17, 15) is 8.78 Å². The van der Waals surface area contributed by atoms with Gasteiger partial charge in [-0.1, -0.05) is 30.3 Å². The highest BCUT2D eigenvalue weighted by molar-refractivity contribution is 6.04. The molecule has 4 aromatic rings. The average molecular weight is 319 g/mol. The second-order valence-corrected chi connectivity index (χ2v) is 5.81. The lowest BCUT2D eigenvalue weighted by Crippen LogP contribution is -1.93. The molecule has 0 radical (unpaired) electrons. The first-order valence-corrected chi connectivity index (χ1v) is 7.74. The Morgan fingerprint density at radius 2 is 1.21 bits per heavy atom. The van der Waals surface area contributed by atoms with E-state index in [1.807, 2.05) is 19.2 Å². The average Bonchev–Trinajstić information content (AvgIpc) is 2.90. The molecular formula is C21H15F2N. The zero-order chi connectivity index (χ0) is 16.7. The molecule has 0 amide bonds. The summed E-state index contributed by atoms with van der Waals surface area (Å²) in [5.74, 6) is -0.525. The minimum atomic E-state index is -0.263. The Balaban J connectivity index is 2.08. The number of fused-ring (bicyclic) bond motifs is 1. The molecular weight excluding hydrogens is 304 g/mol. The van der Waals surface area contributed by atoms with E-state index in [1.54, 1.807) is 24.3 Å². The molecule has 3 heteroatoms. The van der Waals surface area contributed by atoms with Crippen molar-refractivity contribution in [1.29, 1.82) is 0 Å². The number of nitrogens with zero attached hydrogens (tertiary/aromatic N) is 1. The first-order valence-electron chi connectivity index (χ1n) is 7.74. The number of aryl methyl sites for hydroxylation is 1. The fourth-order valence-corrected chi connectivity index (χ4v) is 3.25. The molecule has 1 aromatic heterocycles. The SMILES string of the molecule is Cn1c(-c2ccc(F)cc2)c(-c2ccc(F)cc2)c2ccccc21. The molecule has 24 heavy (non-hydrogen) atoms. The maximum Gasteiger partial charge on any atom is 0.123 e. The Labute approximate surface area is 138 Å². The summed E-state index contributed by atoms with van der Waals surface area (Å²) < 4.78 is 28.8. The quantitative estimate of drug-likeness (QED) is 0.440. The van der Waals surface area contributed by atoms with Gasteiger partial charge in [-0.15, -0.1) is 0 Å². The first kappa shape index (κ1) is 14.6. The minimum Gasteiger partial charge on any atom is -0.343 e. The first-order chi connectivity index (χ1) is 11.6. The normalized spacial score (nSPS) is 11.1. The van der Waals surface area contributed by atoms with Crippen molar-refractivity contribution in [2.24, 2.45) is 7.05 Å². The second kappa shape index (κ2) is 5.60. The molecule has 1 heterocycles. The van der Waals surface area contributed by atoms with Crippen LogP contribution in [0.1, 0.15) is 0 Å². The number of hydrogen-bond donors (Lipinski definition) is 0. The molecule has 0 unspecified atom stereocenters. The van der Waals surface area contributed by atoms with E-state index in [0.29, 0.717) is 0 Å². The Morgan fingerprint density at radius 1 is 0.667 bits per heavy atom. The van der Waals surface area contributed by atoms with Crippen LogP contribution in [0.4, 0.5) is 8.78 Å². The molecule has 0 aliphatic heterocycles. The number of para-hydroxylation sites is 1. The summed E-state index contributed by atoms with van der Waals surface area (Å²) in [6, 6.07) is 21.0. The molecule has 3 aromatic carbocycles. The summed E-state index contributed by atoms with van der Waals surface area (Å²) in [7, 11) is 1.99. The molecule has 0 saturated carbocycles. The summed E-state index contributed by atoms with van der Waals surface area (Å²) in [4.78, 5) is 0. The molecule has 0 aliphatic carbocycles. The van der Waals surface area contributed by atoms with Crippen LogP contribution in [0.3, 0.4) is 0 Å². The summed E-state index contributed by atoms with van der Waals surface area (Å²) in [6.45, 7) is 0. The number of aromatic nitrogens is 1. The van der Waals surface area contributed by atoms with E-state index in [2.05, 4.69) is 16.7 Å². The van der Waals surface area contributed by atoms with Crippen LogP contribution >= 0.6 is 0 Å². The highest BCUT2D eigenvalue weighted by Crippen LogP contribution is 2.40. The Hall–Kier alpha value is -2.94. The molecule has 0 aliphatic rings. The van der Waals surface area contributed by atoms with Gasteiger partial charge < -0.3 is 4.57 Å². The van der Waals surface area contributed by atoms with Crippen LogP contribution in [0.2, 0.25) is 0 Å². The van der Waals surface area contributed by atoms with E-state index in [0.717, 1.165) is 33.3 Å². The van der Waals surface area contributed by atoms with Gasteiger partial charge in [-0.05, 0) is 53.6 Å². The zero-order valence-corrected chi connectivity index (χ0v) is 13.1. The molecule has 4 rings (SSSR count). The van der Waals surface area contributed by atoms with Crippen molar-refractivity contribution >= 4 is 10.9 Å². The monoisotopic (exact) mass is 319 g/mol. The fraction of sp³-hybridized carbons (Fsp3) is 0.0476. The van der Waals surface area contributed by atoms with Crippen molar-refractivity contribution in [3.8, 4) is 22.4 Å². The van der Waals surface area contributed by atoms with Crippen LogP contribution in [0, 0.1) is 11.6 Å². The van der Waals surface area contributed by atoms with E-state index >= 15 is 0 Å². The maximum absolute atomic E-state index is 13.3. The van der Waals surface area contributed by atoms with E-state index < -0.39 is 0 Å². The molecule has 118 valence electrons. The molecule has 0 fully saturated rings. The topological polar surface area (TPSA) is 4.93 Å². The second-order valence-electron chi connectivity index (χ2n) is 5.81. The van der Waals surface area contributed by atoms with Gasteiger partial charge in [-0.2, -0.15) is 0 Å². The van der Waals surface area contributed by atoms with Crippen LogP contribution in [0.5, 0.6) is 0 Å². The smallest absolute Gasteiger partial charge is 0.123 e. The van der Waals surface area contributed by atoms with Crippen molar-refractivity contribution in [2.75, 3.05) is 0 Å². The Morgan fingerprint density at radius 3 is 1.83 bits per heavy atom. The zero-order valence-electron chi connectivity index (χ0n) is 13.1. The maximum atomic E-state index is 13.3. The van der Waals surface area contributed by atoms with Gasteiger partial charge in [0.15, 0.2) is 0 Å². The van der Waals surface area contributed by atoms with Crippen LogP contribution in [0.15, 0.2) is 72.8 Å². The molecule has 0 N–H and O–H groups in total. The third kappa shape index (κ3) is 2.29. The van der Waals surface area contributed by atoms with Crippen LogP contribution < -0.4 is 0 Å². The van der Waals surface area contributed by atoms with Crippen LogP contribution in [-0.4, -0.2) is 4.57 Å². The van der Waals surface area contributed by atoms with Crippen molar-refractivity contribution in [1.82, 2.24) is 4.57 Å². The third-order valence-electron chi connectivity index (χ3n) is 4.36. The summed E-state index contributed by atoms with van der Waals surface area (Å²) in [6.07, 6.45) is 0. The molecule has 1 nitrogen and oxygen atoms in total. The van der Waals surface area contributed by atoms with Gasteiger partial charge in [0.2, 0.25) is 0 Å². The third-order valence-corrected chi connectivity index (χ3v) is 4.36. The minimum absolute atomic E-state index is 0.262.